The Kier molecular flexibility index (Phi) is 4.87. The van der Waals surface area contributed by atoms with Gasteiger partial charge in [0.15, 0.2) is 5.82 Å². The lowest BCUT2D eigenvalue weighted by Gasteiger charge is -2.07. The first-order valence-electron chi connectivity index (χ1n) is 5.62. The lowest BCUT2D eigenvalue weighted by Crippen LogP contribution is -2.14. The summed E-state index contributed by atoms with van der Waals surface area (Å²) in [4.78, 5) is 20.1. The molecule has 2 aromatic heterocycles. The molecule has 0 spiro atoms. The fourth-order valence-electron chi connectivity index (χ4n) is 1.61. The second kappa shape index (κ2) is 6.08. The van der Waals surface area contributed by atoms with Crippen LogP contribution in [0.4, 0.5) is 0 Å². The van der Waals surface area contributed by atoms with Gasteiger partial charge in [-0.15, -0.1) is 11.3 Å². The molecule has 0 fully saturated rings. The van der Waals surface area contributed by atoms with E-state index in [1.165, 1.54) is 11.3 Å². The number of hydrogen-bond acceptors (Lipinski definition) is 3. The summed E-state index contributed by atoms with van der Waals surface area (Å²) in [6.45, 7) is 4.18. The average molecular weight is 427 g/mol. The van der Waals surface area contributed by atoms with E-state index >= 15 is 0 Å². The molecule has 7 heteroatoms. The minimum Gasteiger partial charge on any atom is -0.305 e. The lowest BCUT2D eigenvalue weighted by atomic mass is 10.1. The van der Waals surface area contributed by atoms with E-state index in [9.17, 15) is 4.79 Å². The zero-order valence-electron chi connectivity index (χ0n) is 10.3. The van der Waals surface area contributed by atoms with Crippen molar-refractivity contribution in [2.24, 2.45) is 5.92 Å². The Morgan fingerprint density at radius 1 is 1.47 bits per heavy atom. The van der Waals surface area contributed by atoms with Gasteiger partial charge in [-0.1, -0.05) is 25.4 Å². The van der Waals surface area contributed by atoms with Gasteiger partial charge in [-0.3, -0.25) is 4.79 Å². The molecule has 2 rings (SSSR count). The topological polar surface area (TPSA) is 45.8 Å². The fraction of sp³-hybridized carbons (Fsp3) is 0.333. The lowest BCUT2D eigenvalue weighted by molar-refractivity contribution is 0.631. The van der Waals surface area contributed by atoms with Crippen LogP contribution in [0.5, 0.6) is 0 Å². The highest BCUT2D eigenvalue weighted by molar-refractivity contribution is 9.10. The summed E-state index contributed by atoms with van der Waals surface area (Å²) in [6, 6.07) is 1.86. The van der Waals surface area contributed by atoms with Gasteiger partial charge in [-0.2, -0.15) is 0 Å². The van der Waals surface area contributed by atoms with Gasteiger partial charge in [0.25, 0.3) is 5.56 Å². The molecular formula is C12H11Br2ClN2OS. The molecule has 0 atom stereocenters. The van der Waals surface area contributed by atoms with Crippen molar-refractivity contribution >= 4 is 54.8 Å². The summed E-state index contributed by atoms with van der Waals surface area (Å²) in [5.74, 6) is 0.985. The molecule has 0 saturated heterocycles. The summed E-state index contributed by atoms with van der Waals surface area (Å²) in [7, 11) is 0. The maximum Gasteiger partial charge on any atom is 0.265 e. The summed E-state index contributed by atoms with van der Waals surface area (Å²) < 4.78 is 1.96. The number of nitrogens with one attached hydrogen (secondary N) is 1. The Balaban J connectivity index is 2.53. The third-order valence-electron chi connectivity index (χ3n) is 2.41. The largest absolute Gasteiger partial charge is 0.305 e. The van der Waals surface area contributed by atoms with E-state index in [1.807, 2.05) is 6.07 Å². The molecule has 1 N–H and O–H groups in total. The van der Waals surface area contributed by atoms with Crippen molar-refractivity contribution in [3.05, 3.63) is 35.4 Å². The van der Waals surface area contributed by atoms with E-state index in [4.69, 9.17) is 11.6 Å². The van der Waals surface area contributed by atoms with Gasteiger partial charge in [0.2, 0.25) is 0 Å². The van der Waals surface area contributed by atoms with Gasteiger partial charge >= 0.3 is 0 Å². The van der Waals surface area contributed by atoms with Gasteiger partial charge in [0.1, 0.15) is 8.81 Å². The van der Waals surface area contributed by atoms with Crippen LogP contribution in [0.3, 0.4) is 0 Å². The first kappa shape index (κ1) is 15.2. The molecule has 2 aromatic rings. The maximum absolute atomic E-state index is 11.9. The maximum atomic E-state index is 11.9. The molecule has 0 radical (unpaired) electrons. The van der Waals surface area contributed by atoms with Crippen LogP contribution in [0.25, 0.3) is 10.7 Å². The Hall–Kier alpha value is -0.170. The predicted octanol–water partition coefficient (Wildman–Crippen LogP) is 4.88. The Bertz CT molecular complexity index is 647. The van der Waals surface area contributed by atoms with Crippen molar-refractivity contribution in [1.82, 2.24) is 9.97 Å². The van der Waals surface area contributed by atoms with E-state index in [0.717, 1.165) is 21.5 Å². The SMILES string of the molecule is CC(C)Cc1nc(-c2cc(Br)c(Cl)s2)[nH]c(=O)c1Br. The number of nitrogens with zero attached hydrogens (tertiary/aromatic N) is 1. The van der Waals surface area contributed by atoms with Crippen LogP contribution in [0.15, 0.2) is 19.8 Å². The highest BCUT2D eigenvalue weighted by Gasteiger charge is 2.14. The van der Waals surface area contributed by atoms with Crippen LogP contribution in [0, 0.1) is 5.92 Å². The van der Waals surface area contributed by atoms with Crippen molar-refractivity contribution in [3.63, 3.8) is 0 Å². The standard InChI is InChI=1S/C12H11Br2ClN2OS/c1-5(2)3-7-9(14)12(18)17-11(16-7)8-4-6(13)10(15)19-8/h4-5H,3H2,1-2H3,(H,16,17,18). The zero-order valence-corrected chi connectivity index (χ0v) is 15.0. The molecule has 0 unspecified atom stereocenters. The smallest absolute Gasteiger partial charge is 0.265 e. The molecule has 0 bridgehead atoms. The van der Waals surface area contributed by atoms with Crippen LogP contribution in [-0.2, 0) is 6.42 Å². The second-order valence-corrected chi connectivity index (χ2v) is 7.81. The number of H-pyrrole nitrogens is 1. The molecule has 0 aromatic carbocycles. The van der Waals surface area contributed by atoms with Crippen LogP contribution in [0.1, 0.15) is 19.5 Å². The monoisotopic (exact) mass is 424 g/mol. The molecule has 0 aliphatic heterocycles. The summed E-state index contributed by atoms with van der Waals surface area (Å²) >= 11 is 14.0. The molecule has 102 valence electrons. The molecule has 3 nitrogen and oxygen atoms in total. The highest BCUT2D eigenvalue weighted by atomic mass is 79.9. The molecule has 0 aliphatic carbocycles. The van der Waals surface area contributed by atoms with E-state index in [-0.39, 0.29) is 5.56 Å². The van der Waals surface area contributed by atoms with Gasteiger partial charge in [0, 0.05) is 4.47 Å². The Morgan fingerprint density at radius 2 is 2.16 bits per heavy atom. The first-order chi connectivity index (χ1) is 8.88. The van der Waals surface area contributed by atoms with E-state index in [2.05, 4.69) is 55.7 Å². The predicted molar refractivity (Wildman–Crippen MR) is 87.1 cm³/mol. The number of thiophene rings is 1. The van der Waals surface area contributed by atoms with Gasteiger partial charge in [0.05, 0.1) is 10.6 Å². The number of halogens is 3. The molecular weight excluding hydrogens is 415 g/mol. The van der Waals surface area contributed by atoms with Gasteiger partial charge < -0.3 is 4.98 Å². The average Bonchev–Trinajstić information content (AvgIpc) is 2.65. The van der Waals surface area contributed by atoms with Gasteiger partial charge in [-0.25, -0.2) is 4.98 Å². The number of aromatic amines is 1. The quantitative estimate of drug-likeness (QED) is 0.761. The molecule has 0 amide bonds. The summed E-state index contributed by atoms with van der Waals surface area (Å²) in [5.41, 5.74) is 0.607. The van der Waals surface area contributed by atoms with E-state index in [1.54, 1.807) is 0 Å². The summed E-state index contributed by atoms with van der Waals surface area (Å²) in [5, 5.41) is 0. The molecule has 2 heterocycles. The van der Waals surface area contributed by atoms with Crippen molar-refractivity contribution in [2.45, 2.75) is 20.3 Å². The number of rotatable bonds is 3. The molecule has 0 saturated carbocycles. The number of hydrogen-bond donors (Lipinski definition) is 1. The van der Waals surface area contributed by atoms with Crippen molar-refractivity contribution < 1.29 is 0 Å². The Morgan fingerprint density at radius 3 is 2.68 bits per heavy atom. The normalized spacial score (nSPS) is 11.3. The van der Waals surface area contributed by atoms with Crippen LogP contribution >= 0.6 is 54.8 Å². The minimum atomic E-state index is -0.165. The van der Waals surface area contributed by atoms with Crippen LogP contribution < -0.4 is 5.56 Å². The fourth-order valence-corrected chi connectivity index (χ4v) is 3.60. The van der Waals surface area contributed by atoms with Crippen LogP contribution in [-0.4, -0.2) is 9.97 Å². The van der Waals surface area contributed by atoms with E-state index in [0.29, 0.717) is 20.6 Å². The second-order valence-electron chi connectivity index (χ2n) is 4.51. The third kappa shape index (κ3) is 3.48. The number of aromatic nitrogens is 2. The van der Waals surface area contributed by atoms with Gasteiger partial charge in [-0.05, 0) is 50.3 Å². The Labute approximate surface area is 136 Å². The summed E-state index contributed by atoms with van der Waals surface area (Å²) in [6.07, 6.45) is 0.748. The first-order valence-corrected chi connectivity index (χ1v) is 8.40. The zero-order chi connectivity index (χ0) is 14.2. The van der Waals surface area contributed by atoms with Crippen molar-refractivity contribution in [2.75, 3.05) is 0 Å². The van der Waals surface area contributed by atoms with Crippen molar-refractivity contribution in [1.29, 1.82) is 0 Å². The molecule has 0 aliphatic rings. The minimum absolute atomic E-state index is 0.165. The molecule has 19 heavy (non-hydrogen) atoms. The van der Waals surface area contributed by atoms with E-state index < -0.39 is 0 Å². The third-order valence-corrected chi connectivity index (χ3v) is 5.71. The van der Waals surface area contributed by atoms with Crippen molar-refractivity contribution in [3.8, 4) is 10.7 Å². The van der Waals surface area contributed by atoms with Crippen LogP contribution in [0.2, 0.25) is 4.34 Å². The highest BCUT2D eigenvalue weighted by Crippen LogP contribution is 2.36.